The topological polar surface area (TPSA) is 59.5 Å². The second-order valence-corrected chi connectivity index (χ2v) is 6.00. The van der Waals surface area contributed by atoms with Crippen molar-refractivity contribution in [3.8, 4) is 0 Å². The molecule has 0 aliphatic carbocycles. The van der Waals surface area contributed by atoms with E-state index in [4.69, 9.17) is 16.3 Å². The molecular formula is C20H21ClN2O3. The summed E-state index contributed by atoms with van der Waals surface area (Å²) in [5.41, 5.74) is 1.76. The molecule has 6 heteroatoms. The summed E-state index contributed by atoms with van der Waals surface area (Å²) in [5, 5.41) is 0.640. The molecule has 5 nitrogen and oxygen atoms in total. The highest BCUT2D eigenvalue weighted by Crippen LogP contribution is 2.11. The smallest absolute Gasteiger partial charge is 0.307 e. The lowest BCUT2D eigenvalue weighted by Gasteiger charge is -2.21. The molecule has 2 aromatic rings. The molecule has 1 aromatic carbocycles. The molecule has 0 bridgehead atoms. The third-order valence-electron chi connectivity index (χ3n) is 3.59. The zero-order chi connectivity index (χ0) is 18.8. The summed E-state index contributed by atoms with van der Waals surface area (Å²) in [6.07, 6.45) is 6.74. The van der Waals surface area contributed by atoms with Gasteiger partial charge in [-0.15, -0.1) is 0 Å². The molecule has 0 radical (unpaired) electrons. The van der Waals surface area contributed by atoms with Gasteiger partial charge in [0.05, 0.1) is 13.0 Å². The predicted molar refractivity (Wildman–Crippen MR) is 101 cm³/mol. The molecule has 0 fully saturated rings. The fraction of sp³-hybridized carbons (Fsp3) is 0.250. The second-order valence-electron chi connectivity index (χ2n) is 5.56. The third-order valence-corrected chi connectivity index (χ3v) is 3.84. The van der Waals surface area contributed by atoms with Crippen molar-refractivity contribution in [2.45, 2.75) is 19.9 Å². The molecule has 0 atom stereocenters. The van der Waals surface area contributed by atoms with Gasteiger partial charge in [-0.25, -0.2) is 0 Å². The number of pyridine rings is 1. The van der Waals surface area contributed by atoms with Crippen molar-refractivity contribution in [1.29, 1.82) is 0 Å². The van der Waals surface area contributed by atoms with Gasteiger partial charge in [0, 0.05) is 36.6 Å². The maximum absolute atomic E-state index is 12.6. The third kappa shape index (κ3) is 6.69. The summed E-state index contributed by atoms with van der Waals surface area (Å²) in [4.78, 5) is 29.9. The van der Waals surface area contributed by atoms with Crippen molar-refractivity contribution >= 4 is 29.6 Å². The largest absolute Gasteiger partial charge is 0.466 e. The van der Waals surface area contributed by atoms with Crippen molar-refractivity contribution in [2.75, 3.05) is 13.2 Å². The minimum Gasteiger partial charge on any atom is -0.466 e. The van der Waals surface area contributed by atoms with Crippen LogP contribution >= 0.6 is 11.6 Å². The fourth-order valence-corrected chi connectivity index (χ4v) is 2.41. The Bertz CT molecular complexity index is 745. The summed E-state index contributed by atoms with van der Waals surface area (Å²) in [6.45, 7) is 2.73. The van der Waals surface area contributed by atoms with Crippen LogP contribution < -0.4 is 0 Å². The summed E-state index contributed by atoms with van der Waals surface area (Å²) in [7, 11) is 0. The summed E-state index contributed by atoms with van der Waals surface area (Å²) in [6, 6.07) is 10.9. The number of carbonyl (C=O) groups is 2. The molecule has 0 spiro atoms. The Morgan fingerprint density at radius 2 is 2.00 bits per heavy atom. The minimum absolute atomic E-state index is 0.147. The van der Waals surface area contributed by atoms with Crippen LogP contribution in [0.15, 0.2) is 54.9 Å². The number of carbonyl (C=O) groups excluding carboxylic acids is 2. The van der Waals surface area contributed by atoms with Gasteiger partial charge in [0.2, 0.25) is 5.91 Å². The average Bonchev–Trinajstić information content (AvgIpc) is 2.65. The Hall–Kier alpha value is -2.66. The Morgan fingerprint density at radius 1 is 1.23 bits per heavy atom. The van der Waals surface area contributed by atoms with Crippen LogP contribution in [0.4, 0.5) is 0 Å². The van der Waals surface area contributed by atoms with Gasteiger partial charge in [-0.1, -0.05) is 29.8 Å². The van der Waals surface area contributed by atoms with Gasteiger partial charge < -0.3 is 9.64 Å². The van der Waals surface area contributed by atoms with Crippen LogP contribution in [-0.4, -0.2) is 34.9 Å². The quantitative estimate of drug-likeness (QED) is 0.523. The first-order valence-corrected chi connectivity index (χ1v) is 8.73. The van der Waals surface area contributed by atoms with Gasteiger partial charge in [-0.3, -0.25) is 14.6 Å². The van der Waals surface area contributed by atoms with Crippen LogP contribution in [0.1, 0.15) is 24.5 Å². The van der Waals surface area contributed by atoms with Crippen LogP contribution in [0.25, 0.3) is 6.08 Å². The van der Waals surface area contributed by atoms with Crippen LogP contribution in [0, 0.1) is 0 Å². The number of halogens is 1. The first-order valence-electron chi connectivity index (χ1n) is 8.35. The molecule has 26 heavy (non-hydrogen) atoms. The zero-order valence-corrected chi connectivity index (χ0v) is 15.4. The monoisotopic (exact) mass is 372 g/mol. The van der Waals surface area contributed by atoms with E-state index in [-0.39, 0.29) is 24.8 Å². The number of rotatable bonds is 8. The molecule has 0 unspecified atom stereocenters. The summed E-state index contributed by atoms with van der Waals surface area (Å²) < 4.78 is 4.94. The first kappa shape index (κ1) is 19.7. The highest BCUT2D eigenvalue weighted by molar-refractivity contribution is 6.30. The maximum Gasteiger partial charge on any atom is 0.307 e. The van der Waals surface area contributed by atoms with Gasteiger partial charge in [0.1, 0.15) is 0 Å². The Balaban J connectivity index is 2.06. The van der Waals surface area contributed by atoms with Gasteiger partial charge in [0.15, 0.2) is 0 Å². The predicted octanol–water partition coefficient (Wildman–Crippen LogP) is 3.73. The van der Waals surface area contributed by atoms with Gasteiger partial charge in [-0.05, 0) is 42.3 Å². The molecule has 136 valence electrons. The fourth-order valence-electron chi connectivity index (χ4n) is 2.29. The normalized spacial score (nSPS) is 10.7. The second kappa shape index (κ2) is 10.4. The molecule has 1 aromatic heterocycles. The van der Waals surface area contributed by atoms with E-state index in [1.54, 1.807) is 42.4 Å². The number of amides is 1. The Morgan fingerprint density at radius 3 is 2.65 bits per heavy atom. The van der Waals surface area contributed by atoms with Crippen LogP contribution in [0.5, 0.6) is 0 Å². The van der Waals surface area contributed by atoms with Crippen LogP contribution in [0.2, 0.25) is 5.02 Å². The van der Waals surface area contributed by atoms with Crippen LogP contribution in [-0.2, 0) is 20.9 Å². The van der Waals surface area contributed by atoms with E-state index in [2.05, 4.69) is 4.98 Å². The number of hydrogen-bond donors (Lipinski definition) is 0. The number of ether oxygens (including phenoxy) is 1. The highest BCUT2D eigenvalue weighted by atomic mass is 35.5. The van der Waals surface area contributed by atoms with E-state index in [0.717, 1.165) is 11.1 Å². The molecule has 0 aliphatic rings. The van der Waals surface area contributed by atoms with Crippen molar-refractivity contribution < 1.29 is 14.3 Å². The van der Waals surface area contributed by atoms with Crippen molar-refractivity contribution in [1.82, 2.24) is 9.88 Å². The Kier molecular flexibility index (Phi) is 7.83. The lowest BCUT2D eigenvalue weighted by molar-refractivity contribution is -0.143. The van der Waals surface area contributed by atoms with Crippen molar-refractivity contribution in [2.24, 2.45) is 0 Å². The number of benzene rings is 1. The number of aromatic nitrogens is 1. The van der Waals surface area contributed by atoms with E-state index in [1.165, 1.54) is 6.08 Å². The van der Waals surface area contributed by atoms with Crippen LogP contribution in [0.3, 0.4) is 0 Å². The maximum atomic E-state index is 12.6. The summed E-state index contributed by atoms with van der Waals surface area (Å²) >= 11 is 5.86. The zero-order valence-electron chi connectivity index (χ0n) is 14.6. The van der Waals surface area contributed by atoms with E-state index in [0.29, 0.717) is 18.2 Å². The number of nitrogens with zero attached hydrogens (tertiary/aromatic N) is 2. The summed E-state index contributed by atoms with van der Waals surface area (Å²) in [5.74, 6) is -0.508. The lowest BCUT2D eigenvalue weighted by atomic mass is 10.2. The number of hydrogen-bond acceptors (Lipinski definition) is 4. The number of esters is 1. The van der Waals surface area contributed by atoms with E-state index in [1.807, 2.05) is 24.3 Å². The molecule has 0 aliphatic heterocycles. The molecule has 0 saturated heterocycles. The van der Waals surface area contributed by atoms with Gasteiger partial charge >= 0.3 is 5.97 Å². The Labute approximate surface area is 158 Å². The minimum atomic E-state index is -0.321. The molecule has 0 N–H and O–H groups in total. The lowest BCUT2D eigenvalue weighted by Crippen LogP contribution is -2.31. The molecular weight excluding hydrogens is 352 g/mol. The van der Waals surface area contributed by atoms with Gasteiger partial charge in [0.25, 0.3) is 0 Å². The van der Waals surface area contributed by atoms with Gasteiger partial charge in [-0.2, -0.15) is 0 Å². The van der Waals surface area contributed by atoms with Crippen molar-refractivity contribution in [3.05, 3.63) is 71.0 Å². The standard InChI is InChI=1S/C20H21ClN2O3/c1-2-26-20(25)11-13-23(15-17-4-3-12-22-14-17)19(24)10-7-16-5-8-18(21)9-6-16/h3-10,12,14H,2,11,13,15H2,1H3/b10-7+. The van der Waals surface area contributed by atoms with Crippen molar-refractivity contribution in [3.63, 3.8) is 0 Å². The van der Waals surface area contributed by atoms with E-state index in [9.17, 15) is 9.59 Å². The highest BCUT2D eigenvalue weighted by Gasteiger charge is 2.14. The SMILES string of the molecule is CCOC(=O)CCN(Cc1cccnc1)C(=O)/C=C/c1ccc(Cl)cc1. The molecule has 2 rings (SSSR count). The first-order chi connectivity index (χ1) is 12.6. The molecule has 0 saturated carbocycles. The van der Waals surface area contributed by atoms with E-state index < -0.39 is 0 Å². The van der Waals surface area contributed by atoms with E-state index >= 15 is 0 Å². The molecule has 1 amide bonds. The average molecular weight is 373 g/mol. The molecule has 1 heterocycles.